The van der Waals surface area contributed by atoms with Crippen molar-refractivity contribution in [3.05, 3.63) is 29.7 Å². The largest absolute Gasteiger partial charge is 0.452 e. The van der Waals surface area contributed by atoms with Crippen LogP contribution in [0.2, 0.25) is 0 Å². The molecule has 0 spiro atoms. The van der Waals surface area contributed by atoms with E-state index in [0.29, 0.717) is 11.7 Å². The maximum Gasteiger partial charge on any atom is 0.286 e. The van der Waals surface area contributed by atoms with E-state index in [1.165, 1.54) is 32.1 Å². The van der Waals surface area contributed by atoms with Gasteiger partial charge in [0.05, 0.1) is 0 Å². The summed E-state index contributed by atoms with van der Waals surface area (Å²) in [7, 11) is 1.60. The topological polar surface area (TPSA) is 42.2 Å². The number of hydrogen-bond donors (Lipinski definition) is 1. The second-order valence-electron chi connectivity index (χ2n) is 4.54. The van der Waals surface area contributed by atoms with Crippen molar-refractivity contribution in [3.8, 4) is 0 Å². The minimum absolute atomic E-state index is 0.178. The molecule has 1 N–H and O–H groups in total. The third kappa shape index (κ3) is 3.22. The van der Waals surface area contributed by atoms with Gasteiger partial charge < -0.3 is 9.73 Å². The number of furan rings is 1. The molecule has 0 aromatic carbocycles. The smallest absolute Gasteiger partial charge is 0.286 e. The van der Waals surface area contributed by atoms with Crippen LogP contribution in [-0.2, 0) is 0 Å². The molecule has 1 aliphatic carbocycles. The van der Waals surface area contributed by atoms with E-state index in [1.54, 1.807) is 13.1 Å². The van der Waals surface area contributed by atoms with Gasteiger partial charge in [0.25, 0.3) is 5.91 Å². The highest BCUT2D eigenvalue weighted by atomic mass is 16.3. The van der Waals surface area contributed by atoms with E-state index in [9.17, 15) is 4.79 Å². The molecule has 0 aliphatic heterocycles. The van der Waals surface area contributed by atoms with E-state index in [2.05, 4.69) is 11.4 Å². The summed E-state index contributed by atoms with van der Waals surface area (Å²) in [4.78, 5) is 11.3. The van der Waals surface area contributed by atoms with Gasteiger partial charge in [-0.2, -0.15) is 0 Å². The SMILES string of the molecule is CNC(=O)c1ccc(C=CC2CCCCC2)o1. The van der Waals surface area contributed by atoms with Crippen LogP contribution in [0.15, 0.2) is 22.6 Å². The van der Waals surface area contributed by atoms with Gasteiger partial charge in [0, 0.05) is 7.05 Å². The van der Waals surface area contributed by atoms with Crippen molar-refractivity contribution in [2.75, 3.05) is 7.05 Å². The lowest BCUT2D eigenvalue weighted by Crippen LogP contribution is -2.16. The van der Waals surface area contributed by atoms with Gasteiger partial charge in [0.2, 0.25) is 0 Å². The van der Waals surface area contributed by atoms with E-state index >= 15 is 0 Å². The lowest BCUT2D eigenvalue weighted by molar-refractivity contribution is 0.0935. The number of carbonyl (C=O) groups is 1. The number of allylic oxidation sites excluding steroid dienone is 1. The molecular weight excluding hydrogens is 214 g/mol. The molecule has 3 heteroatoms. The predicted octanol–water partition coefficient (Wildman–Crippen LogP) is 3.23. The Morgan fingerprint density at radius 2 is 2.12 bits per heavy atom. The van der Waals surface area contributed by atoms with Crippen molar-refractivity contribution in [2.24, 2.45) is 5.92 Å². The first-order valence-electron chi connectivity index (χ1n) is 6.29. The van der Waals surface area contributed by atoms with Gasteiger partial charge in [-0.05, 0) is 37.0 Å². The summed E-state index contributed by atoms with van der Waals surface area (Å²) in [5, 5.41) is 2.54. The molecule has 1 aliphatic rings. The quantitative estimate of drug-likeness (QED) is 0.870. The Bertz CT molecular complexity index is 400. The third-order valence-electron chi connectivity index (χ3n) is 3.26. The summed E-state index contributed by atoms with van der Waals surface area (Å²) < 4.78 is 5.43. The number of amides is 1. The molecule has 0 bridgehead atoms. The zero-order valence-corrected chi connectivity index (χ0v) is 10.2. The second kappa shape index (κ2) is 5.71. The van der Waals surface area contributed by atoms with Crippen LogP contribution in [0, 0.1) is 5.92 Å². The number of rotatable bonds is 3. The molecule has 0 atom stereocenters. The first-order chi connectivity index (χ1) is 8.29. The van der Waals surface area contributed by atoms with Crippen LogP contribution < -0.4 is 5.32 Å². The fraction of sp³-hybridized carbons (Fsp3) is 0.500. The molecule has 1 amide bonds. The first kappa shape index (κ1) is 12.0. The van der Waals surface area contributed by atoms with Gasteiger partial charge in [0.15, 0.2) is 5.76 Å². The van der Waals surface area contributed by atoms with Crippen molar-refractivity contribution in [1.29, 1.82) is 0 Å². The Morgan fingerprint density at radius 1 is 1.35 bits per heavy atom. The lowest BCUT2D eigenvalue weighted by Gasteiger charge is -2.17. The van der Waals surface area contributed by atoms with Gasteiger partial charge in [-0.15, -0.1) is 0 Å². The molecule has 1 aromatic rings. The minimum Gasteiger partial charge on any atom is -0.452 e. The highest BCUT2D eigenvalue weighted by Crippen LogP contribution is 2.25. The van der Waals surface area contributed by atoms with Gasteiger partial charge >= 0.3 is 0 Å². The van der Waals surface area contributed by atoms with Crippen LogP contribution >= 0.6 is 0 Å². The molecule has 1 saturated carbocycles. The average Bonchev–Trinajstić information content (AvgIpc) is 2.85. The fourth-order valence-corrected chi connectivity index (χ4v) is 2.25. The Kier molecular flexibility index (Phi) is 4.02. The summed E-state index contributed by atoms with van der Waals surface area (Å²) >= 11 is 0. The summed E-state index contributed by atoms with van der Waals surface area (Å²) in [5.41, 5.74) is 0. The summed E-state index contributed by atoms with van der Waals surface area (Å²) in [6.07, 6.45) is 10.8. The van der Waals surface area contributed by atoms with Crippen molar-refractivity contribution < 1.29 is 9.21 Å². The van der Waals surface area contributed by atoms with E-state index in [0.717, 1.165) is 5.76 Å². The van der Waals surface area contributed by atoms with Crippen LogP contribution in [0.25, 0.3) is 6.08 Å². The van der Waals surface area contributed by atoms with Crippen molar-refractivity contribution in [1.82, 2.24) is 5.32 Å². The number of nitrogens with one attached hydrogen (secondary N) is 1. The van der Waals surface area contributed by atoms with Gasteiger partial charge in [-0.25, -0.2) is 0 Å². The molecule has 0 unspecified atom stereocenters. The average molecular weight is 233 g/mol. The van der Waals surface area contributed by atoms with Gasteiger partial charge in [-0.3, -0.25) is 4.79 Å². The zero-order valence-electron chi connectivity index (χ0n) is 10.2. The summed E-state index contributed by atoms with van der Waals surface area (Å²) in [6.45, 7) is 0. The van der Waals surface area contributed by atoms with Crippen LogP contribution in [-0.4, -0.2) is 13.0 Å². The number of hydrogen-bond acceptors (Lipinski definition) is 2. The van der Waals surface area contributed by atoms with Gasteiger partial charge in [0.1, 0.15) is 5.76 Å². The summed E-state index contributed by atoms with van der Waals surface area (Å²) in [5.74, 6) is 1.63. The fourth-order valence-electron chi connectivity index (χ4n) is 2.25. The predicted molar refractivity (Wildman–Crippen MR) is 67.7 cm³/mol. The Hall–Kier alpha value is -1.51. The Labute approximate surface area is 102 Å². The molecule has 92 valence electrons. The molecular formula is C14H19NO2. The molecule has 3 nitrogen and oxygen atoms in total. The molecule has 17 heavy (non-hydrogen) atoms. The standard InChI is InChI=1S/C14H19NO2/c1-15-14(16)13-10-9-12(17-13)8-7-11-5-3-2-4-6-11/h7-11H,2-6H2,1H3,(H,15,16). The van der Waals surface area contributed by atoms with Crippen molar-refractivity contribution in [2.45, 2.75) is 32.1 Å². The second-order valence-corrected chi connectivity index (χ2v) is 4.54. The Morgan fingerprint density at radius 3 is 2.82 bits per heavy atom. The van der Waals surface area contributed by atoms with Crippen LogP contribution in [0.4, 0.5) is 0 Å². The Balaban J connectivity index is 1.95. The maximum atomic E-state index is 11.3. The van der Waals surface area contributed by atoms with E-state index in [1.807, 2.05) is 12.1 Å². The van der Waals surface area contributed by atoms with E-state index < -0.39 is 0 Å². The van der Waals surface area contributed by atoms with Crippen molar-refractivity contribution >= 4 is 12.0 Å². The van der Waals surface area contributed by atoms with Crippen LogP contribution in [0.1, 0.15) is 48.4 Å². The maximum absolute atomic E-state index is 11.3. The first-order valence-corrected chi connectivity index (χ1v) is 6.29. The monoisotopic (exact) mass is 233 g/mol. The molecule has 2 rings (SSSR count). The van der Waals surface area contributed by atoms with E-state index in [-0.39, 0.29) is 5.91 Å². The van der Waals surface area contributed by atoms with Crippen LogP contribution in [0.5, 0.6) is 0 Å². The van der Waals surface area contributed by atoms with Crippen LogP contribution in [0.3, 0.4) is 0 Å². The summed E-state index contributed by atoms with van der Waals surface area (Å²) in [6, 6.07) is 3.54. The van der Waals surface area contributed by atoms with Crippen molar-refractivity contribution in [3.63, 3.8) is 0 Å². The number of carbonyl (C=O) groups excluding carboxylic acids is 1. The molecule has 0 saturated heterocycles. The molecule has 1 aromatic heterocycles. The minimum atomic E-state index is -0.178. The molecule has 1 fully saturated rings. The molecule has 0 radical (unpaired) electrons. The van der Waals surface area contributed by atoms with E-state index in [4.69, 9.17) is 4.42 Å². The highest BCUT2D eigenvalue weighted by molar-refractivity contribution is 5.91. The molecule has 1 heterocycles. The normalized spacial score (nSPS) is 17.5. The lowest BCUT2D eigenvalue weighted by atomic mass is 9.89. The van der Waals surface area contributed by atoms with Gasteiger partial charge in [-0.1, -0.05) is 25.3 Å². The third-order valence-corrected chi connectivity index (χ3v) is 3.26. The highest BCUT2D eigenvalue weighted by Gasteiger charge is 2.11. The zero-order chi connectivity index (χ0) is 12.1.